The summed E-state index contributed by atoms with van der Waals surface area (Å²) in [6.07, 6.45) is 2.96. The number of urea groups is 1. The fraction of sp³-hybridized carbons (Fsp3) is 0.467. The van der Waals surface area contributed by atoms with Crippen molar-refractivity contribution >= 4 is 33.6 Å². The molecule has 0 radical (unpaired) electrons. The molecule has 2 amide bonds. The van der Waals surface area contributed by atoms with Crippen LogP contribution in [-0.2, 0) is 11.2 Å². The van der Waals surface area contributed by atoms with E-state index in [1.165, 1.54) is 0 Å². The average molecular weight is 355 g/mol. The van der Waals surface area contributed by atoms with E-state index < -0.39 is 11.4 Å². The molecular formula is C15H19BrN2O3. The summed E-state index contributed by atoms with van der Waals surface area (Å²) in [5.41, 5.74) is 0.997. The highest BCUT2D eigenvalue weighted by Gasteiger charge is 2.44. The number of hydrogen-bond acceptors (Lipinski definition) is 2. The Morgan fingerprint density at radius 3 is 2.62 bits per heavy atom. The Balaban J connectivity index is 1.95. The van der Waals surface area contributed by atoms with Gasteiger partial charge in [-0.05, 0) is 43.0 Å². The van der Waals surface area contributed by atoms with Crippen LogP contribution in [0.15, 0.2) is 22.7 Å². The second-order valence-corrected chi connectivity index (χ2v) is 6.32. The molecule has 0 aliphatic heterocycles. The molecule has 0 bridgehead atoms. The zero-order valence-corrected chi connectivity index (χ0v) is 13.5. The topological polar surface area (TPSA) is 78.4 Å². The summed E-state index contributed by atoms with van der Waals surface area (Å²) in [6, 6.07) is 5.29. The number of nitrogens with one attached hydrogen (secondary N) is 2. The summed E-state index contributed by atoms with van der Waals surface area (Å²) in [7, 11) is 0. The van der Waals surface area contributed by atoms with Crippen LogP contribution in [0.3, 0.4) is 0 Å². The van der Waals surface area contributed by atoms with Gasteiger partial charge in [0, 0.05) is 16.7 Å². The number of hydrogen-bond donors (Lipinski definition) is 3. The Bertz CT molecular complexity index is 556. The molecule has 21 heavy (non-hydrogen) atoms. The average Bonchev–Trinajstić information content (AvgIpc) is 2.39. The number of aliphatic carboxylic acids is 1. The maximum atomic E-state index is 11.9. The van der Waals surface area contributed by atoms with Gasteiger partial charge in [0.15, 0.2) is 0 Å². The van der Waals surface area contributed by atoms with E-state index in [1.807, 2.05) is 25.1 Å². The minimum atomic E-state index is -0.827. The van der Waals surface area contributed by atoms with Crippen molar-refractivity contribution in [3.05, 3.63) is 28.2 Å². The maximum Gasteiger partial charge on any atom is 0.319 e. The van der Waals surface area contributed by atoms with E-state index >= 15 is 0 Å². The van der Waals surface area contributed by atoms with Gasteiger partial charge in [-0.3, -0.25) is 4.79 Å². The second-order valence-electron chi connectivity index (χ2n) is 5.40. The summed E-state index contributed by atoms with van der Waals surface area (Å²) in [4.78, 5) is 23.2. The van der Waals surface area contributed by atoms with Crippen molar-refractivity contribution < 1.29 is 14.7 Å². The first kappa shape index (κ1) is 15.8. The van der Waals surface area contributed by atoms with E-state index in [9.17, 15) is 14.7 Å². The lowest BCUT2D eigenvalue weighted by molar-refractivity contribution is -0.153. The van der Waals surface area contributed by atoms with Crippen LogP contribution in [0, 0.1) is 5.41 Å². The molecule has 0 atom stereocenters. The number of anilines is 1. The van der Waals surface area contributed by atoms with E-state index in [0.717, 1.165) is 28.6 Å². The highest BCUT2D eigenvalue weighted by Crippen LogP contribution is 2.40. The van der Waals surface area contributed by atoms with Crippen LogP contribution < -0.4 is 10.6 Å². The molecule has 0 heterocycles. The Kier molecular flexibility index (Phi) is 4.88. The van der Waals surface area contributed by atoms with Gasteiger partial charge in [0.05, 0.1) is 5.41 Å². The fourth-order valence-corrected chi connectivity index (χ4v) is 2.87. The van der Waals surface area contributed by atoms with Crippen molar-refractivity contribution in [2.45, 2.75) is 32.6 Å². The molecule has 1 aliphatic rings. The first-order valence-electron chi connectivity index (χ1n) is 7.03. The lowest BCUT2D eigenvalue weighted by atomic mass is 9.69. The minimum absolute atomic E-state index is 0.173. The van der Waals surface area contributed by atoms with Gasteiger partial charge in [0.2, 0.25) is 0 Å². The Labute approximate surface area is 132 Å². The third-order valence-corrected chi connectivity index (χ3v) is 4.54. The summed E-state index contributed by atoms with van der Waals surface area (Å²) in [5.74, 6) is -0.827. The van der Waals surface area contributed by atoms with Gasteiger partial charge >= 0.3 is 12.0 Å². The van der Waals surface area contributed by atoms with Crippen LogP contribution in [0.4, 0.5) is 10.5 Å². The zero-order valence-electron chi connectivity index (χ0n) is 11.9. The molecule has 3 N–H and O–H groups in total. The molecule has 5 nitrogen and oxygen atoms in total. The molecule has 1 saturated carbocycles. The maximum absolute atomic E-state index is 11.9. The molecule has 2 rings (SSSR count). The molecular weight excluding hydrogens is 336 g/mol. The zero-order chi connectivity index (χ0) is 15.5. The number of carboxylic acids is 1. The van der Waals surface area contributed by atoms with Crippen molar-refractivity contribution in [3.8, 4) is 0 Å². The SMILES string of the molecule is CCc1cc(Br)ccc1NC(=O)NCC1(C(=O)O)CCC1. The van der Waals surface area contributed by atoms with Crippen molar-refractivity contribution in [1.82, 2.24) is 5.32 Å². The van der Waals surface area contributed by atoms with Gasteiger partial charge in [0.1, 0.15) is 0 Å². The molecule has 1 aromatic rings. The minimum Gasteiger partial charge on any atom is -0.481 e. The van der Waals surface area contributed by atoms with Gasteiger partial charge in [-0.2, -0.15) is 0 Å². The van der Waals surface area contributed by atoms with Crippen LogP contribution in [0.5, 0.6) is 0 Å². The number of benzene rings is 1. The van der Waals surface area contributed by atoms with E-state index in [2.05, 4.69) is 26.6 Å². The summed E-state index contributed by atoms with van der Waals surface area (Å²) in [5, 5.41) is 14.7. The predicted molar refractivity (Wildman–Crippen MR) is 84.5 cm³/mol. The van der Waals surface area contributed by atoms with Crippen molar-refractivity contribution in [3.63, 3.8) is 0 Å². The molecule has 0 aromatic heterocycles. The number of amides is 2. The van der Waals surface area contributed by atoms with Gasteiger partial charge in [-0.25, -0.2) is 4.79 Å². The van der Waals surface area contributed by atoms with Gasteiger partial charge < -0.3 is 15.7 Å². The summed E-state index contributed by atoms with van der Waals surface area (Å²) >= 11 is 3.40. The smallest absolute Gasteiger partial charge is 0.319 e. The Hall–Kier alpha value is -1.56. The monoisotopic (exact) mass is 354 g/mol. The third kappa shape index (κ3) is 3.56. The second kappa shape index (κ2) is 6.47. The number of carbonyl (C=O) groups excluding carboxylic acids is 1. The van der Waals surface area contributed by atoms with E-state index in [0.29, 0.717) is 12.8 Å². The van der Waals surface area contributed by atoms with Gasteiger partial charge in [-0.1, -0.05) is 29.3 Å². The molecule has 114 valence electrons. The number of aryl methyl sites for hydroxylation is 1. The normalized spacial score (nSPS) is 15.9. The van der Waals surface area contributed by atoms with Crippen LogP contribution in [0.25, 0.3) is 0 Å². The molecule has 1 aromatic carbocycles. The number of carbonyl (C=O) groups is 2. The molecule has 1 aliphatic carbocycles. The molecule has 1 fully saturated rings. The highest BCUT2D eigenvalue weighted by atomic mass is 79.9. The number of halogens is 1. The molecule has 6 heteroatoms. The molecule has 0 spiro atoms. The summed E-state index contributed by atoms with van der Waals surface area (Å²) in [6.45, 7) is 2.19. The lowest BCUT2D eigenvalue weighted by Gasteiger charge is -2.37. The standard InChI is InChI=1S/C15H19BrN2O3/c1-2-10-8-11(16)4-5-12(10)18-14(21)17-9-15(13(19)20)6-3-7-15/h4-5,8H,2-3,6-7,9H2,1H3,(H,19,20)(H2,17,18,21). The van der Waals surface area contributed by atoms with Gasteiger partial charge in [0.25, 0.3) is 0 Å². The first-order valence-corrected chi connectivity index (χ1v) is 7.83. The quantitative estimate of drug-likeness (QED) is 0.758. The van der Waals surface area contributed by atoms with Crippen molar-refractivity contribution in [2.24, 2.45) is 5.41 Å². The van der Waals surface area contributed by atoms with Gasteiger partial charge in [-0.15, -0.1) is 0 Å². The van der Waals surface area contributed by atoms with Crippen LogP contribution in [-0.4, -0.2) is 23.7 Å². The molecule has 0 unspecified atom stereocenters. The Morgan fingerprint density at radius 2 is 2.10 bits per heavy atom. The van der Waals surface area contributed by atoms with Crippen LogP contribution in [0.2, 0.25) is 0 Å². The van der Waals surface area contributed by atoms with Crippen molar-refractivity contribution in [2.75, 3.05) is 11.9 Å². The van der Waals surface area contributed by atoms with Crippen molar-refractivity contribution in [1.29, 1.82) is 0 Å². The van der Waals surface area contributed by atoms with E-state index in [1.54, 1.807) is 0 Å². The Morgan fingerprint density at radius 1 is 1.38 bits per heavy atom. The van der Waals surface area contributed by atoms with Crippen LogP contribution in [0.1, 0.15) is 31.7 Å². The van der Waals surface area contributed by atoms with E-state index in [4.69, 9.17) is 0 Å². The predicted octanol–water partition coefficient (Wildman–Crippen LogP) is 3.39. The lowest BCUT2D eigenvalue weighted by Crippen LogP contribution is -2.48. The largest absolute Gasteiger partial charge is 0.481 e. The highest BCUT2D eigenvalue weighted by molar-refractivity contribution is 9.10. The molecule has 0 saturated heterocycles. The number of rotatable bonds is 5. The fourth-order valence-electron chi connectivity index (χ4n) is 2.46. The van der Waals surface area contributed by atoms with Crippen LogP contribution >= 0.6 is 15.9 Å². The van der Waals surface area contributed by atoms with E-state index in [-0.39, 0.29) is 12.6 Å². The first-order chi connectivity index (χ1) is 9.97. The number of carboxylic acid groups (broad SMARTS) is 1. The third-order valence-electron chi connectivity index (χ3n) is 4.05. The summed E-state index contributed by atoms with van der Waals surface area (Å²) < 4.78 is 0.963.